The molecule has 0 radical (unpaired) electrons. The van der Waals surface area contributed by atoms with Crippen molar-refractivity contribution in [2.24, 2.45) is 5.92 Å². The van der Waals surface area contributed by atoms with Crippen molar-refractivity contribution in [1.82, 2.24) is 10.2 Å². The minimum atomic E-state index is 0. The summed E-state index contributed by atoms with van der Waals surface area (Å²) in [7, 11) is 0. The number of amides is 1. The largest absolute Gasteiger partial charge is 0.339 e. The van der Waals surface area contributed by atoms with Crippen LogP contribution in [0.15, 0.2) is 0 Å². The molecule has 1 heterocycles. The summed E-state index contributed by atoms with van der Waals surface area (Å²) in [4.78, 5) is 14.4. The van der Waals surface area contributed by atoms with Gasteiger partial charge < -0.3 is 10.2 Å². The third-order valence-corrected chi connectivity index (χ3v) is 4.42. The Bertz CT molecular complexity index is 266. The second-order valence-electron chi connectivity index (χ2n) is 5.60. The van der Waals surface area contributed by atoms with Crippen molar-refractivity contribution in [1.29, 1.82) is 0 Å². The minimum Gasteiger partial charge on any atom is -0.339 e. The third kappa shape index (κ3) is 4.98. The predicted molar refractivity (Wildman–Crippen MR) is 80.6 cm³/mol. The lowest BCUT2D eigenvalue weighted by Crippen LogP contribution is -2.44. The molecule has 1 amide bonds. The van der Waals surface area contributed by atoms with Crippen molar-refractivity contribution in [3.8, 4) is 0 Å². The number of halogens is 1. The zero-order valence-electron chi connectivity index (χ0n) is 11.4. The number of nitrogens with one attached hydrogen (secondary N) is 1. The van der Waals surface area contributed by atoms with Crippen molar-refractivity contribution < 1.29 is 4.79 Å². The van der Waals surface area contributed by atoms with Gasteiger partial charge in [-0.25, -0.2) is 0 Å². The molecule has 1 unspecified atom stereocenters. The SMILES string of the molecule is CC(C)CN(C(=O)CC1CSCCN1)C1CC1.Cl. The smallest absolute Gasteiger partial charge is 0.224 e. The zero-order valence-corrected chi connectivity index (χ0v) is 13.0. The summed E-state index contributed by atoms with van der Waals surface area (Å²) in [5.74, 6) is 3.21. The summed E-state index contributed by atoms with van der Waals surface area (Å²) in [5, 5.41) is 3.45. The molecular weight excluding hydrogens is 268 g/mol. The maximum Gasteiger partial charge on any atom is 0.224 e. The van der Waals surface area contributed by atoms with Gasteiger partial charge in [-0.15, -0.1) is 12.4 Å². The summed E-state index contributed by atoms with van der Waals surface area (Å²) >= 11 is 1.96. The monoisotopic (exact) mass is 292 g/mol. The van der Waals surface area contributed by atoms with Crippen molar-refractivity contribution in [2.45, 2.75) is 45.2 Å². The molecule has 1 saturated heterocycles. The molecule has 1 saturated carbocycles. The highest BCUT2D eigenvalue weighted by molar-refractivity contribution is 7.99. The molecule has 1 atom stereocenters. The minimum absolute atomic E-state index is 0. The summed E-state index contributed by atoms with van der Waals surface area (Å²) in [6, 6.07) is 0.954. The topological polar surface area (TPSA) is 32.3 Å². The van der Waals surface area contributed by atoms with Gasteiger partial charge in [-0.2, -0.15) is 11.8 Å². The molecule has 0 aromatic carbocycles. The molecule has 1 aliphatic carbocycles. The Kier molecular flexibility index (Phi) is 6.82. The first-order valence-electron chi connectivity index (χ1n) is 6.77. The van der Waals surface area contributed by atoms with Crippen molar-refractivity contribution in [3.63, 3.8) is 0 Å². The Morgan fingerprint density at radius 2 is 2.17 bits per heavy atom. The van der Waals surface area contributed by atoms with Gasteiger partial charge in [0.1, 0.15) is 0 Å². The predicted octanol–water partition coefficient (Wildman–Crippen LogP) is 2.15. The summed E-state index contributed by atoms with van der Waals surface area (Å²) in [5.41, 5.74) is 0. The number of rotatable bonds is 5. The summed E-state index contributed by atoms with van der Waals surface area (Å²) in [6.45, 7) is 6.37. The van der Waals surface area contributed by atoms with E-state index in [0.29, 0.717) is 30.3 Å². The Labute approximate surface area is 121 Å². The maximum atomic E-state index is 12.3. The molecule has 2 rings (SSSR count). The van der Waals surface area contributed by atoms with Crippen LogP contribution in [-0.4, -0.2) is 47.5 Å². The normalized spacial score (nSPS) is 23.6. The van der Waals surface area contributed by atoms with Crippen LogP contribution < -0.4 is 5.32 Å². The summed E-state index contributed by atoms with van der Waals surface area (Å²) < 4.78 is 0. The van der Waals surface area contributed by atoms with Gasteiger partial charge in [0, 0.05) is 43.1 Å². The number of hydrogen-bond donors (Lipinski definition) is 1. The molecule has 2 fully saturated rings. The molecule has 18 heavy (non-hydrogen) atoms. The van der Waals surface area contributed by atoms with Crippen molar-refractivity contribution >= 4 is 30.1 Å². The molecule has 3 nitrogen and oxygen atoms in total. The Hall–Kier alpha value is 0.0700. The highest BCUT2D eigenvalue weighted by Gasteiger charge is 2.33. The fourth-order valence-electron chi connectivity index (χ4n) is 2.31. The van der Waals surface area contributed by atoms with E-state index in [4.69, 9.17) is 0 Å². The van der Waals surface area contributed by atoms with Gasteiger partial charge in [0.2, 0.25) is 5.91 Å². The fourth-order valence-corrected chi connectivity index (χ4v) is 3.26. The van der Waals surface area contributed by atoms with Gasteiger partial charge in [-0.3, -0.25) is 4.79 Å². The number of carbonyl (C=O) groups excluding carboxylic acids is 1. The van der Waals surface area contributed by atoms with Gasteiger partial charge in [0.25, 0.3) is 0 Å². The van der Waals surface area contributed by atoms with Crippen LogP contribution in [0, 0.1) is 5.92 Å². The second kappa shape index (κ2) is 7.61. The Balaban J connectivity index is 0.00000162. The van der Waals surface area contributed by atoms with Crippen LogP contribution in [-0.2, 0) is 4.79 Å². The van der Waals surface area contributed by atoms with Crippen LogP contribution in [0.25, 0.3) is 0 Å². The average Bonchev–Trinajstić information content (AvgIpc) is 3.10. The first-order valence-corrected chi connectivity index (χ1v) is 7.93. The first kappa shape index (κ1) is 16.1. The Morgan fingerprint density at radius 1 is 1.44 bits per heavy atom. The standard InChI is InChI=1S/C13H24N2OS.ClH/c1-10(2)8-15(12-3-4-12)13(16)7-11-9-17-6-5-14-11;/h10-12,14H,3-9H2,1-2H3;1H. The molecular formula is C13H25ClN2OS. The first-order chi connectivity index (χ1) is 8.16. The average molecular weight is 293 g/mol. The van der Waals surface area contributed by atoms with Gasteiger partial charge >= 0.3 is 0 Å². The molecule has 0 aromatic rings. The Morgan fingerprint density at radius 3 is 2.67 bits per heavy atom. The van der Waals surface area contributed by atoms with E-state index in [1.54, 1.807) is 0 Å². The number of carbonyl (C=O) groups is 1. The van der Waals surface area contributed by atoms with Crippen molar-refractivity contribution in [2.75, 3.05) is 24.6 Å². The molecule has 1 aliphatic heterocycles. The van der Waals surface area contributed by atoms with E-state index in [2.05, 4.69) is 24.1 Å². The van der Waals surface area contributed by atoms with Crippen LogP contribution in [0.1, 0.15) is 33.1 Å². The van der Waals surface area contributed by atoms with E-state index in [1.807, 2.05) is 11.8 Å². The van der Waals surface area contributed by atoms with E-state index in [1.165, 1.54) is 18.6 Å². The molecule has 0 bridgehead atoms. The van der Waals surface area contributed by atoms with Gasteiger partial charge in [-0.05, 0) is 18.8 Å². The van der Waals surface area contributed by atoms with E-state index in [0.717, 1.165) is 18.8 Å². The maximum absolute atomic E-state index is 12.3. The summed E-state index contributed by atoms with van der Waals surface area (Å²) in [6.07, 6.45) is 3.12. The highest BCUT2D eigenvalue weighted by atomic mass is 35.5. The second-order valence-corrected chi connectivity index (χ2v) is 6.75. The number of nitrogens with zero attached hydrogens (tertiary/aromatic N) is 1. The zero-order chi connectivity index (χ0) is 12.3. The highest BCUT2D eigenvalue weighted by Crippen LogP contribution is 2.28. The van der Waals surface area contributed by atoms with Gasteiger partial charge in [0.05, 0.1) is 0 Å². The van der Waals surface area contributed by atoms with Crippen molar-refractivity contribution in [3.05, 3.63) is 0 Å². The van der Waals surface area contributed by atoms with E-state index in [9.17, 15) is 4.79 Å². The van der Waals surface area contributed by atoms with Crippen LogP contribution in [0.4, 0.5) is 0 Å². The molecule has 2 aliphatic rings. The van der Waals surface area contributed by atoms with Gasteiger partial charge in [-0.1, -0.05) is 13.8 Å². The number of hydrogen-bond acceptors (Lipinski definition) is 3. The quantitative estimate of drug-likeness (QED) is 0.843. The lowest BCUT2D eigenvalue weighted by atomic mass is 10.1. The van der Waals surface area contributed by atoms with E-state index < -0.39 is 0 Å². The molecule has 1 N–H and O–H groups in total. The lowest BCUT2D eigenvalue weighted by molar-refractivity contribution is -0.132. The molecule has 106 valence electrons. The van der Waals surface area contributed by atoms with Crippen LogP contribution >= 0.6 is 24.2 Å². The lowest BCUT2D eigenvalue weighted by Gasteiger charge is -2.28. The molecule has 0 aromatic heterocycles. The van der Waals surface area contributed by atoms with Crippen LogP contribution in [0.3, 0.4) is 0 Å². The van der Waals surface area contributed by atoms with Crippen LogP contribution in [0.5, 0.6) is 0 Å². The fraction of sp³-hybridized carbons (Fsp3) is 0.923. The van der Waals surface area contributed by atoms with E-state index in [-0.39, 0.29) is 12.4 Å². The molecule has 5 heteroatoms. The van der Waals surface area contributed by atoms with Crippen LogP contribution in [0.2, 0.25) is 0 Å². The third-order valence-electron chi connectivity index (χ3n) is 3.29. The van der Waals surface area contributed by atoms with Gasteiger partial charge in [0.15, 0.2) is 0 Å². The number of thioether (sulfide) groups is 1. The molecule has 0 spiro atoms. The van der Waals surface area contributed by atoms with E-state index >= 15 is 0 Å².